The number of amides is 1. The van der Waals surface area contributed by atoms with E-state index in [9.17, 15) is 4.79 Å². The van der Waals surface area contributed by atoms with Gasteiger partial charge in [-0.2, -0.15) is 0 Å². The van der Waals surface area contributed by atoms with E-state index in [1.807, 2.05) is 58.0 Å². The number of hydrogen-bond acceptors (Lipinski definition) is 5. The van der Waals surface area contributed by atoms with Crippen LogP contribution >= 0.6 is 11.8 Å². The predicted molar refractivity (Wildman–Crippen MR) is 124 cm³/mol. The lowest BCUT2D eigenvalue weighted by Gasteiger charge is -2.30. The Balaban J connectivity index is 1.41. The summed E-state index contributed by atoms with van der Waals surface area (Å²) in [5.41, 5.74) is 1.91. The number of fused-ring (bicyclic) bond motifs is 1. The number of likely N-dealkylation sites (tertiary alicyclic amines) is 1. The Kier molecular flexibility index (Phi) is 7.02. The SMILES string of the molecule is COc1cccc(OCCSc2nc3ccccc3n2CC(=O)N2CCC(C)CC2)c1. The summed E-state index contributed by atoms with van der Waals surface area (Å²) in [6.07, 6.45) is 2.17. The van der Waals surface area contributed by atoms with Crippen LogP contribution in [-0.2, 0) is 11.3 Å². The molecule has 1 amide bonds. The molecule has 31 heavy (non-hydrogen) atoms. The van der Waals surface area contributed by atoms with Crippen molar-refractivity contribution in [3.63, 3.8) is 0 Å². The lowest BCUT2D eigenvalue weighted by molar-refractivity contribution is -0.133. The van der Waals surface area contributed by atoms with E-state index >= 15 is 0 Å². The van der Waals surface area contributed by atoms with Gasteiger partial charge in [0.15, 0.2) is 5.16 Å². The normalized spacial score (nSPS) is 14.7. The third-order valence-corrected chi connectivity index (χ3v) is 6.61. The van der Waals surface area contributed by atoms with E-state index < -0.39 is 0 Å². The number of methoxy groups -OCH3 is 1. The number of carbonyl (C=O) groups is 1. The standard InChI is InChI=1S/C24H29N3O3S/c1-18-10-12-26(13-11-18)23(28)17-27-22-9-4-3-8-21(22)25-24(27)31-15-14-30-20-7-5-6-19(16-20)29-2/h3-9,16,18H,10-15,17H2,1-2H3. The van der Waals surface area contributed by atoms with Gasteiger partial charge in [-0.1, -0.05) is 36.9 Å². The number of para-hydroxylation sites is 2. The molecule has 4 rings (SSSR count). The number of piperidine rings is 1. The van der Waals surface area contributed by atoms with Crippen molar-refractivity contribution in [1.82, 2.24) is 14.5 Å². The molecule has 7 heteroatoms. The average Bonchev–Trinajstić information content (AvgIpc) is 3.14. The first-order valence-electron chi connectivity index (χ1n) is 10.8. The number of benzene rings is 2. The van der Waals surface area contributed by atoms with Crippen LogP contribution in [0.5, 0.6) is 11.5 Å². The number of imidazole rings is 1. The van der Waals surface area contributed by atoms with Gasteiger partial charge in [0, 0.05) is 24.9 Å². The van der Waals surface area contributed by atoms with Crippen LogP contribution in [-0.4, -0.2) is 52.9 Å². The molecule has 0 unspecified atom stereocenters. The third-order valence-electron chi connectivity index (χ3n) is 5.67. The molecule has 1 aliphatic heterocycles. The maximum Gasteiger partial charge on any atom is 0.242 e. The quantitative estimate of drug-likeness (QED) is 0.383. The Morgan fingerprint density at radius 3 is 2.71 bits per heavy atom. The van der Waals surface area contributed by atoms with E-state index in [0.29, 0.717) is 19.1 Å². The second-order valence-corrected chi connectivity index (χ2v) is 8.97. The van der Waals surface area contributed by atoms with Crippen molar-refractivity contribution >= 4 is 28.7 Å². The molecule has 1 aromatic heterocycles. The zero-order valence-electron chi connectivity index (χ0n) is 18.1. The fourth-order valence-corrected chi connectivity index (χ4v) is 4.62. The number of thioether (sulfide) groups is 1. The van der Waals surface area contributed by atoms with Crippen LogP contribution in [0.1, 0.15) is 19.8 Å². The molecular weight excluding hydrogens is 410 g/mol. The molecule has 0 N–H and O–H groups in total. The lowest BCUT2D eigenvalue weighted by atomic mass is 9.99. The van der Waals surface area contributed by atoms with Crippen molar-refractivity contribution in [2.24, 2.45) is 5.92 Å². The van der Waals surface area contributed by atoms with Crippen LogP contribution < -0.4 is 9.47 Å². The van der Waals surface area contributed by atoms with Crippen molar-refractivity contribution in [2.45, 2.75) is 31.5 Å². The number of carbonyl (C=O) groups excluding carboxylic acids is 1. The Morgan fingerprint density at radius 2 is 1.90 bits per heavy atom. The molecule has 6 nitrogen and oxygen atoms in total. The zero-order valence-corrected chi connectivity index (χ0v) is 18.9. The number of hydrogen-bond donors (Lipinski definition) is 0. The van der Waals surface area contributed by atoms with Gasteiger partial charge in [0.1, 0.15) is 18.0 Å². The molecule has 3 aromatic rings. The van der Waals surface area contributed by atoms with Gasteiger partial charge in [-0.3, -0.25) is 4.79 Å². The van der Waals surface area contributed by atoms with Crippen LogP contribution in [0.4, 0.5) is 0 Å². The van der Waals surface area contributed by atoms with Gasteiger partial charge in [-0.25, -0.2) is 4.98 Å². The molecule has 2 aromatic carbocycles. The topological polar surface area (TPSA) is 56.6 Å². The summed E-state index contributed by atoms with van der Waals surface area (Å²) in [6, 6.07) is 15.6. The maximum absolute atomic E-state index is 13.0. The highest BCUT2D eigenvalue weighted by molar-refractivity contribution is 7.99. The number of aromatic nitrogens is 2. The fraction of sp³-hybridized carbons (Fsp3) is 0.417. The van der Waals surface area contributed by atoms with Gasteiger partial charge in [-0.15, -0.1) is 0 Å². The Morgan fingerprint density at radius 1 is 1.13 bits per heavy atom. The summed E-state index contributed by atoms with van der Waals surface area (Å²) in [5.74, 6) is 3.16. The van der Waals surface area contributed by atoms with E-state index in [1.165, 1.54) is 0 Å². The van der Waals surface area contributed by atoms with Gasteiger partial charge in [0.2, 0.25) is 5.91 Å². The highest BCUT2D eigenvalue weighted by atomic mass is 32.2. The zero-order chi connectivity index (χ0) is 21.6. The second kappa shape index (κ2) is 10.1. The smallest absolute Gasteiger partial charge is 0.242 e. The molecular formula is C24H29N3O3S. The Bertz CT molecular complexity index is 1030. The molecule has 0 radical (unpaired) electrons. The van der Waals surface area contributed by atoms with E-state index in [0.717, 1.165) is 59.4 Å². The van der Waals surface area contributed by atoms with Crippen molar-refractivity contribution in [3.8, 4) is 11.5 Å². The maximum atomic E-state index is 13.0. The number of ether oxygens (including phenoxy) is 2. The molecule has 2 heterocycles. The molecule has 0 atom stereocenters. The van der Waals surface area contributed by atoms with Gasteiger partial charge in [0.05, 0.1) is 24.8 Å². The molecule has 1 fully saturated rings. The number of rotatable bonds is 8. The molecule has 0 aliphatic carbocycles. The summed E-state index contributed by atoms with van der Waals surface area (Å²) >= 11 is 1.62. The van der Waals surface area contributed by atoms with E-state index in [2.05, 4.69) is 6.92 Å². The van der Waals surface area contributed by atoms with Gasteiger partial charge in [0.25, 0.3) is 0 Å². The summed E-state index contributed by atoms with van der Waals surface area (Å²) in [6.45, 7) is 4.83. The summed E-state index contributed by atoms with van der Waals surface area (Å²) < 4.78 is 13.1. The summed E-state index contributed by atoms with van der Waals surface area (Å²) in [7, 11) is 1.64. The van der Waals surface area contributed by atoms with Gasteiger partial charge in [-0.05, 0) is 43.0 Å². The molecule has 1 aliphatic rings. The van der Waals surface area contributed by atoms with Crippen LogP contribution in [0, 0.1) is 5.92 Å². The highest BCUT2D eigenvalue weighted by Crippen LogP contribution is 2.26. The van der Waals surface area contributed by atoms with Gasteiger partial charge < -0.3 is 18.9 Å². The minimum atomic E-state index is 0.171. The molecule has 0 saturated carbocycles. The van der Waals surface area contributed by atoms with Crippen LogP contribution in [0.15, 0.2) is 53.7 Å². The third kappa shape index (κ3) is 5.34. The fourth-order valence-electron chi connectivity index (χ4n) is 3.79. The first kappa shape index (κ1) is 21.6. The lowest BCUT2D eigenvalue weighted by Crippen LogP contribution is -2.39. The molecule has 0 bridgehead atoms. The first-order valence-corrected chi connectivity index (χ1v) is 11.8. The molecule has 164 valence electrons. The largest absolute Gasteiger partial charge is 0.497 e. The van der Waals surface area contributed by atoms with Crippen molar-refractivity contribution < 1.29 is 14.3 Å². The molecule has 0 spiro atoms. The average molecular weight is 440 g/mol. The van der Waals surface area contributed by atoms with E-state index in [4.69, 9.17) is 14.5 Å². The number of nitrogens with zero attached hydrogens (tertiary/aromatic N) is 3. The molecule has 1 saturated heterocycles. The van der Waals surface area contributed by atoms with Crippen molar-refractivity contribution in [1.29, 1.82) is 0 Å². The predicted octanol–water partition coefficient (Wildman–Crippen LogP) is 4.47. The van der Waals surface area contributed by atoms with Crippen LogP contribution in [0.25, 0.3) is 11.0 Å². The van der Waals surface area contributed by atoms with Crippen LogP contribution in [0.3, 0.4) is 0 Å². The van der Waals surface area contributed by atoms with E-state index in [-0.39, 0.29) is 5.91 Å². The Hall–Kier alpha value is -2.67. The summed E-state index contributed by atoms with van der Waals surface area (Å²) in [4.78, 5) is 19.7. The van der Waals surface area contributed by atoms with E-state index in [1.54, 1.807) is 18.9 Å². The first-order chi connectivity index (χ1) is 15.1. The van der Waals surface area contributed by atoms with Crippen molar-refractivity contribution in [3.05, 3.63) is 48.5 Å². The van der Waals surface area contributed by atoms with Crippen LogP contribution in [0.2, 0.25) is 0 Å². The minimum Gasteiger partial charge on any atom is -0.497 e. The minimum absolute atomic E-state index is 0.171. The summed E-state index contributed by atoms with van der Waals surface area (Å²) in [5, 5.41) is 0.856. The second-order valence-electron chi connectivity index (χ2n) is 7.91. The van der Waals surface area contributed by atoms with Gasteiger partial charge >= 0.3 is 0 Å². The Labute approximate surface area is 187 Å². The van der Waals surface area contributed by atoms with Crippen molar-refractivity contribution in [2.75, 3.05) is 32.6 Å². The highest BCUT2D eigenvalue weighted by Gasteiger charge is 2.22. The monoisotopic (exact) mass is 439 g/mol.